The predicted octanol–water partition coefficient (Wildman–Crippen LogP) is 0.540. The summed E-state index contributed by atoms with van der Waals surface area (Å²) in [6.07, 6.45) is -4.44. The molecule has 0 radical (unpaired) electrons. The van der Waals surface area contributed by atoms with Gasteiger partial charge in [-0.1, -0.05) is 12.1 Å². The molecule has 1 atom stereocenters. The normalized spacial score (nSPS) is 19.2. The summed E-state index contributed by atoms with van der Waals surface area (Å²) in [5.74, 6) is -3.59. The van der Waals surface area contributed by atoms with Crippen LogP contribution in [0.1, 0.15) is 34.3 Å². The zero-order valence-electron chi connectivity index (χ0n) is 13.9. The summed E-state index contributed by atoms with van der Waals surface area (Å²) in [6.45, 7) is 0.744. The lowest BCUT2D eigenvalue weighted by Gasteiger charge is -2.29. The number of nitrogens with one attached hydrogen (secondary N) is 1. The number of piperidine rings is 1. The Morgan fingerprint density at radius 2 is 1.93 bits per heavy atom. The number of imide groups is 1. The number of carbonyl (C=O) groups excluding carboxylic acids is 3. The van der Waals surface area contributed by atoms with E-state index < -0.39 is 24.1 Å². The van der Waals surface area contributed by atoms with Gasteiger partial charge >= 0.3 is 12.1 Å². The number of carboxylic acid groups (broad SMARTS) is 1. The van der Waals surface area contributed by atoms with Gasteiger partial charge in [0, 0.05) is 25.1 Å². The number of carboxylic acids is 1. The third kappa shape index (κ3) is 4.42. The van der Waals surface area contributed by atoms with Gasteiger partial charge in [0.25, 0.3) is 5.91 Å². The number of rotatable bonds is 2. The standard InChI is InChI=1S/C14H15N3O3.C2HF3O2/c15-6-8-2-1-3-9-10(8)7-17(14(9)20)11-4-5-12(18)16-13(11)19;3-2(4,5)1(6)7/h1-3,11H,4-7,15H2,(H,16,18,19);(H,6,7). The first-order valence-electron chi connectivity index (χ1n) is 7.81. The minimum Gasteiger partial charge on any atom is -0.475 e. The van der Waals surface area contributed by atoms with Crippen LogP contribution in [0.5, 0.6) is 0 Å². The third-order valence-electron chi connectivity index (χ3n) is 4.14. The van der Waals surface area contributed by atoms with E-state index in [-0.39, 0.29) is 18.2 Å². The second kappa shape index (κ2) is 7.74. The van der Waals surface area contributed by atoms with Crippen molar-refractivity contribution in [1.82, 2.24) is 10.2 Å². The molecule has 1 saturated heterocycles. The zero-order valence-corrected chi connectivity index (χ0v) is 13.9. The molecule has 1 aromatic rings. The summed E-state index contributed by atoms with van der Waals surface area (Å²) in [4.78, 5) is 45.9. The highest BCUT2D eigenvalue weighted by atomic mass is 19.4. The van der Waals surface area contributed by atoms with Crippen molar-refractivity contribution in [3.63, 3.8) is 0 Å². The van der Waals surface area contributed by atoms with E-state index in [1.807, 2.05) is 6.07 Å². The Kier molecular flexibility index (Phi) is 5.84. The van der Waals surface area contributed by atoms with Crippen molar-refractivity contribution in [2.24, 2.45) is 5.73 Å². The van der Waals surface area contributed by atoms with E-state index in [2.05, 4.69) is 5.32 Å². The fraction of sp³-hybridized carbons (Fsp3) is 0.375. The number of nitrogens with zero attached hydrogens (tertiary/aromatic N) is 1. The van der Waals surface area contributed by atoms with Gasteiger partial charge in [0.1, 0.15) is 6.04 Å². The number of nitrogens with two attached hydrogens (primary N) is 1. The molecular formula is C16H16F3N3O5. The highest BCUT2D eigenvalue weighted by Crippen LogP contribution is 2.29. The van der Waals surface area contributed by atoms with Crippen LogP contribution in [0.2, 0.25) is 0 Å². The van der Waals surface area contributed by atoms with Gasteiger partial charge in [-0.05, 0) is 23.6 Å². The minimum absolute atomic E-state index is 0.162. The number of alkyl halides is 3. The van der Waals surface area contributed by atoms with Gasteiger partial charge in [-0.2, -0.15) is 13.2 Å². The average Bonchev–Trinajstić information content (AvgIpc) is 2.91. The Morgan fingerprint density at radius 1 is 1.30 bits per heavy atom. The number of amides is 3. The van der Waals surface area contributed by atoms with Gasteiger partial charge in [-0.3, -0.25) is 19.7 Å². The fourth-order valence-corrected chi connectivity index (χ4v) is 2.84. The van der Waals surface area contributed by atoms with Gasteiger partial charge in [0.05, 0.1) is 0 Å². The number of halogens is 3. The molecule has 4 N–H and O–H groups in total. The van der Waals surface area contributed by atoms with Crippen molar-refractivity contribution in [2.45, 2.75) is 38.1 Å². The number of fused-ring (bicyclic) bond motifs is 1. The highest BCUT2D eigenvalue weighted by molar-refractivity contribution is 6.05. The van der Waals surface area contributed by atoms with Crippen molar-refractivity contribution < 1.29 is 37.5 Å². The monoisotopic (exact) mass is 387 g/mol. The Hall–Kier alpha value is -2.95. The lowest BCUT2D eigenvalue weighted by molar-refractivity contribution is -0.192. The molecule has 0 aromatic heterocycles. The lowest BCUT2D eigenvalue weighted by atomic mass is 10.0. The molecule has 8 nitrogen and oxygen atoms in total. The first-order valence-corrected chi connectivity index (χ1v) is 7.81. The van der Waals surface area contributed by atoms with Crippen LogP contribution in [-0.2, 0) is 27.5 Å². The molecular weight excluding hydrogens is 371 g/mol. The maximum absolute atomic E-state index is 12.4. The highest BCUT2D eigenvalue weighted by Gasteiger charge is 2.39. The smallest absolute Gasteiger partial charge is 0.475 e. The Morgan fingerprint density at radius 3 is 2.44 bits per heavy atom. The van der Waals surface area contributed by atoms with Gasteiger partial charge in [-0.15, -0.1) is 0 Å². The molecule has 2 aliphatic rings. The van der Waals surface area contributed by atoms with E-state index in [1.54, 1.807) is 12.1 Å². The van der Waals surface area contributed by atoms with Crippen LogP contribution < -0.4 is 11.1 Å². The Balaban J connectivity index is 0.000000321. The van der Waals surface area contributed by atoms with Crippen molar-refractivity contribution in [2.75, 3.05) is 0 Å². The number of aliphatic carboxylic acids is 1. The second-order valence-corrected chi connectivity index (χ2v) is 5.85. The Bertz CT molecular complexity index is 794. The molecule has 3 amide bonds. The zero-order chi connectivity index (χ0) is 20.4. The van der Waals surface area contributed by atoms with Crippen LogP contribution in [-0.4, -0.2) is 45.9 Å². The summed E-state index contributed by atoms with van der Waals surface area (Å²) in [5.41, 5.74) is 8.11. The summed E-state index contributed by atoms with van der Waals surface area (Å²) in [5, 5.41) is 9.41. The van der Waals surface area contributed by atoms with Crippen LogP contribution in [0.15, 0.2) is 18.2 Å². The molecule has 1 fully saturated rings. The molecule has 1 aromatic carbocycles. The minimum atomic E-state index is -5.08. The van der Waals surface area contributed by atoms with Crippen LogP contribution in [0.25, 0.3) is 0 Å². The Labute approximate surface area is 151 Å². The average molecular weight is 387 g/mol. The SMILES string of the molecule is NCc1cccc2c1CN(C1CCC(=O)NC1=O)C2=O.O=C(O)C(F)(F)F. The van der Waals surface area contributed by atoms with Gasteiger partial charge < -0.3 is 15.7 Å². The molecule has 11 heteroatoms. The first kappa shape index (κ1) is 20.4. The number of benzene rings is 1. The van der Waals surface area contributed by atoms with E-state index in [0.717, 1.165) is 11.1 Å². The predicted molar refractivity (Wildman–Crippen MR) is 84.1 cm³/mol. The molecule has 0 aliphatic carbocycles. The summed E-state index contributed by atoms with van der Waals surface area (Å²) in [7, 11) is 0. The van der Waals surface area contributed by atoms with Crippen molar-refractivity contribution in [3.05, 3.63) is 34.9 Å². The topological polar surface area (TPSA) is 130 Å². The molecule has 27 heavy (non-hydrogen) atoms. The molecule has 0 bridgehead atoms. The summed E-state index contributed by atoms with van der Waals surface area (Å²) >= 11 is 0. The fourth-order valence-electron chi connectivity index (χ4n) is 2.84. The van der Waals surface area contributed by atoms with Crippen LogP contribution in [0, 0.1) is 0 Å². The molecule has 2 aliphatic heterocycles. The van der Waals surface area contributed by atoms with Gasteiger partial charge in [-0.25, -0.2) is 4.79 Å². The van der Waals surface area contributed by atoms with Crippen molar-refractivity contribution in [3.8, 4) is 0 Å². The maximum atomic E-state index is 12.4. The largest absolute Gasteiger partial charge is 0.490 e. The van der Waals surface area contributed by atoms with Crippen LogP contribution >= 0.6 is 0 Å². The molecule has 146 valence electrons. The molecule has 1 unspecified atom stereocenters. The first-order chi connectivity index (χ1) is 12.6. The summed E-state index contributed by atoms with van der Waals surface area (Å²) in [6, 6.07) is 4.87. The molecule has 0 spiro atoms. The number of carbonyl (C=O) groups is 4. The quantitative estimate of drug-likeness (QED) is 0.635. The van der Waals surface area contributed by atoms with Crippen LogP contribution in [0.3, 0.4) is 0 Å². The van der Waals surface area contributed by atoms with Gasteiger partial charge in [0.2, 0.25) is 11.8 Å². The van der Waals surface area contributed by atoms with Gasteiger partial charge in [0.15, 0.2) is 0 Å². The van der Waals surface area contributed by atoms with E-state index >= 15 is 0 Å². The second-order valence-electron chi connectivity index (χ2n) is 5.85. The van der Waals surface area contributed by atoms with E-state index in [9.17, 15) is 27.6 Å². The summed E-state index contributed by atoms with van der Waals surface area (Å²) < 4.78 is 31.7. The maximum Gasteiger partial charge on any atom is 0.490 e. The molecule has 0 saturated carbocycles. The molecule has 3 rings (SSSR count). The van der Waals surface area contributed by atoms with E-state index in [0.29, 0.717) is 25.1 Å². The van der Waals surface area contributed by atoms with Crippen molar-refractivity contribution >= 4 is 23.7 Å². The van der Waals surface area contributed by atoms with E-state index in [4.69, 9.17) is 15.6 Å². The van der Waals surface area contributed by atoms with E-state index in [1.165, 1.54) is 4.90 Å². The lowest BCUT2D eigenvalue weighted by Crippen LogP contribution is -2.52. The van der Waals surface area contributed by atoms with Crippen molar-refractivity contribution in [1.29, 1.82) is 0 Å². The molecule has 2 heterocycles. The number of hydrogen-bond donors (Lipinski definition) is 3. The third-order valence-corrected chi connectivity index (χ3v) is 4.14. The van der Waals surface area contributed by atoms with Crippen LogP contribution in [0.4, 0.5) is 13.2 Å². The number of hydrogen-bond acceptors (Lipinski definition) is 5.